The highest BCUT2D eigenvalue weighted by atomic mass is 16.1. The highest BCUT2D eigenvalue weighted by molar-refractivity contribution is 5.78. The molecule has 1 saturated heterocycles. The number of rotatable bonds is 3. The topological polar surface area (TPSA) is 58.4 Å². The van der Waals surface area contributed by atoms with Gasteiger partial charge in [0.2, 0.25) is 5.91 Å². The van der Waals surface area contributed by atoms with E-state index in [2.05, 4.69) is 34.2 Å². The molecule has 0 aliphatic carbocycles. The molecule has 1 aliphatic rings. The third-order valence-electron chi connectivity index (χ3n) is 3.87. The minimum atomic E-state index is 0.174. The quantitative estimate of drug-likeness (QED) is 0.813. The molecule has 3 N–H and O–H groups in total. The summed E-state index contributed by atoms with van der Waals surface area (Å²) < 4.78 is 0. The van der Waals surface area contributed by atoms with Gasteiger partial charge in [0.25, 0.3) is 0 Å². The number of nitrogens with two attached hydrogens (primary N) is 1. The molecule has 112 valence electrons. The molecule has 1 aliphatic heterocycles. The Balaban J connectivity index is 1.90. The van der Waals surface area contributed by atoms with Crippen LogP contribution in [0, 0.1) is 17.8 Å². The normalized spacial score (nSPS) is 16.1. The van der Waals surface area contributed by atoms with Crippen LogP contribution in [0.25, 0.3) is 0 Å². The van der Waals surface area contributed by atoms with Crippen LogP contribution in [-0.4, -0.2) is 37.5 Å². The maximum Gasteiger partial charge on any atom is 0.222 e. The van der Waals surface area contributed by atoms with Gasteiger partial charge in [0.05, 0.1) is 6.54 Å². The second-order valence-electron chi connectivity index (χ2n) is 5.37. The number of hydrogen-bond acceptors (Lipinski definition) is 3. The van der Waals surface area contributed by atoms with Gasteiger partial charge in [-0.1, -0.05) is 24.0 Å². The lowest BCUT2D eigenvalue weighted by molar-refractivity contribution is -0.125. The molecule has 0 unspecified atom stereocenters. The lowest BCUT2D eigenvalue weighted by Gasteiger charge is -2.31. The average molecular weight is 285 g/mol. The Morgan fingerprint density at radius 3 is 2.86 bits per heavy atom. The van der Waals surface area contributed by atoms with Crippen LogP contribution in [0.3, 0.4) is 0 Å². The lowest BCUT2D eigenvalue weighted by atomic mass is 9.95. The van der Waals surface area contributed by atoms with Crippen LogP contribution < -0.4 is 11.1 Å². The van der Waals surface area contributed by atoms with Crippen molar-refractivity contribution >= 4 is 5.91 Å². The molecule has 1 aromatic rings. The SMILES string of the molecule is CNC(=O)C1CCN(Cc2cccc(C#CCN)c2)CC1. The second kappa shape index (κ2) is 7.82. The summed E-state index contributed by atoms with van der Waals surface area (Å²) >= 11 is 0. The van der Waals surface area contributed by atoms with Crippen molar-refractivity contribution in [2.45, 2.75) is 19.4 Å². The molecule has 21 heavy (non-hydrogen) atoms. The first-order valence-electron chi connectivity index (χ1n) is 7.44. The zero-order chi connectivity index (χ0) is 15.1. The van der Waals surface area contributed by atoms with E-state index in [1.54, 1.807) is 7.05 Å². The van der Waals surface area contributed by atoms with E-state index in [1.165, 1.54) is 5.56 Å². The monoisotopic (exact) mass is 285 g/mol. The number of piperidine rings is 1. The highest BCUT2D eigenvalue weighted by Gasteiger charge is 2.23. The van der Waals surface area contributed by atoms with Crippen LogP contribution in [0.4, 0.5) is 0 Å². The van der Waals surface area contributed by atoms with Gasteiger partial charge in [-0.25, -0.2) is 0 Å². The number of likely N-dealkylation sites (tertiary alicyclic amines) is 1. The van der Waals surface area contributed by atoms with Crippen molar-refractivity contribution < 1.29 is 4.79 Å². The lowest BCUT2D eigenvalue weighted by Crippen LogP contribution is -2.39. The second-order valence-corrected chi connectivity index (χ2v) is 5.37. The average Bonchev–Trinajstić information content (AvgIpc) is 2.53. The molecule has 0 radical (unpaired) electrons. The predicted molar refractivity (Wildman–Crippen MR) is 84.4 cm³/mol. The number of carbonyl (C=O) groups is 1. The number of amides is 1. The molecule has 1 heterocycles. The van der Waals surface area contributed by atoms with Crippen LogP contribution >= 0.6 is 0 Å². The molecule has 0 bridgehead atoms. The minimum Gasteiger partial charge on any atom is -0.359 e. The van der Waals surface area contributed by atoms with Gasteiger partial charge in [-0.3, -0.25) is 9.69 Å². The number of nitrogens with zero attached hydrogens (tertiary/aromatic N) is 1. The van der Waals surface area contributed by atoms with Crippen molar-refractivity contribution in [3.8, 4) is 11.8 Å². The standard InChI is InChI=1S/C17H23N3O/c1-19-17(21)16-7-10-20(11-8-16)13-15-5-2-4-14(12-15)6-3-9-18/h2,4-5,12,16H,7-11,13,18H2,1H3,(H,19,21). The molecular formula is C17H23N3O. The molecule has 0 saturated carbocycles. The van der Waals surface area contributed by atoms with E-state index in [4.69, 9.17) is 5.73 Å². The van der Waals surface area contributed by atoms with E-state index in [9.17, 15) is 4.79 Å². The van der Waals surface area contributed by atoms with Crippen molar-refractivity contribution in [3.63, 3.8) is 0 Å². The van der Waals surface area contributed by atoms with E-state index in [0.717, 1.165) is 38.0 Å². The molecule has 0 spiro atoms. The van der Waals surface area contributed by atoms with Crippen molar-refractivity contribution in [2.75, 3.05) is 26.7 Å². The Bertz CT molecular complexity index is 536. The zero-order valence-electron chi connectivity index (χ0n) is 12.6. The van der Waals surface area contributed by atoms with E-state index in [1.807, 2.05) is 12.1 Å². The summed E-state index contributed by atoms with van der Waals surface area (Å²) in [6.07, 6.45) is 1.87. The highest BCUT2D eigenvalue weighted by Crippen LogP contribution is 2.19. The fourth-order valence-corrected chi connectivity index (χ4v) is 2.72. The summed E-state index contributed by atoms with van der Waals surface area (Å²) in [5, 5.41) is 2.74. The molecule has 4 heteroatoms. The maximum atomic E-state index is 11.6. The van der Waals surface area contributed by atoms with Crippen LogP contribution in [-0.2, 0) is 11.3 Å². The van der Waals surface area contributed by atoms with Gasteiger partial charge in [-0.15, -0.1) is 0 Å². The Labute approximate surface area is 126 Å². The molecule has 0 aromatic heterocycles. The third kappa shape index (κ3) is 4.59. The fraction of sp³-hybridized carbons (Fsp3) is 0.471. The Morgan fingerprint density at radius 1 is 1.43 bits per heavy atom. The molecule has 1 fully saturated rings. The zero-order valence-corrected chi connectivity index (χ0v) is 12.6. The number of hydrogen-bond donors (Lipinski definition) is 2. The van der Waals surface area contributed by atoms with Crippen LogP contribution in [0.1, 0.15) is 24.0 Å². The smallest absolute Gasteiger partial charge is 0.222 e. The van der Waals surface area contributed by atoms with Crippen molar-refractivity contribution in [2.24, 2.45) is 11.7 Å². The minimum absolute atomic E-state index is 0.174. The van der Waals surface area contributed by atoms with Gasteiger partial charge in [-0.05, 0) is 43.6 Å². The summed E-state index contributed by atoms with van der Waals surface area (Å²) in [5.74, 6) is 6.29. The summed E-state index contributed by atoms with van der Waals surface area (Å²) in [6, 6.07) is 8.28. The molecule has 1 amide bonds. The number of nitrogens with one attached hydrogen (secondary N) is 1. The van der Waals surface area contributed by atoms with Gasteiger partial charge in [0, 0.05) is 25.1 Å². The summed E-state index contributed by atoms with van der Waals surface area (Å²) in [4.78, 5) is 14.0. The van der Waals surface area contributed by atoms with Gasteiger partial charge in [0.1, 0.15) is 0 Å². The predicted octanol–water partition coefficient (Wildman–Crippen LogP) is 0.955. The van der Waals surface area contributed by atoms with Crippen molar-refractivity contribution in [3.05, 3.63) is 35.4 Å². The summed E-state index contributed by atoms with van der Waals surface area (Å²) in [6.45, 7) is 3.24. The van der Waals surface area contributed by atoms with E-state index < -0.39 is 0 Å². The molecule has 0 atom stereocenters. The largest absolute Gasteiger partial charge is 0.359 e. The molecule has 4 nitrogen and oxygen atoms in total. The Kier molecular flexibility index (Phi) is 5.79. The summed E-state index contributed by atoms with van der Waals surface area (Å²) in [5.41, 5.74) is 7.67. The van der Waals surface area contributed by atoms with Crippen molar-refractivity contribution in [1.82, 2.24) is 10.2 Å². The van der Waals surface area contributed by atoms with E-state index >= 15 is 0 Å². The van der Waals surface area contributed by atoms with Crippen LogP contribution in [0.5, 0.6) is 0 Å². The first kappa shape index (κ1) is 15.6. The van der Waals surface area contributed by atoms with Crippen molar-refractivity contribution in [1.29, 1.82) is 0 Å². The fourth-order valence-electron chi connectivity index (χ4n) is 2.72. The molecule has 1 aromatic carbocycles. The molecule has 2 rings (SSSR count). The first-order valence-corrected chi connectivity index (χ1v) is 7.44. The molecular weight excluding hydrogens is 262 g/mol. The van der Waals surface area contributed by atoms with E-state index in [-0.39, 0.29) is 11.8 Å². The van der Waals surface area contributed by atoms with Gasteiger partial charge < -0.3 is 11.1 Å². The van der Waals surface area contributed by atoms with Crippen LogP contribution in [0.2, 0.25) is 0 Å². The van der Waals surface area contributed by atoms with Gasteiger partial charge >= 0.3 is 0 Å². The van der Waals surface area contributed by atoms with E-state index in [0.29, 0.717) is 6.54 Å². The Hall–Kier alpha value is -1.83. The van der Waals surface area contributed by atoms with Gasteiger partial charge in [0.15, 0.2) is 0 Å². The van der Waals surface area contributed by atoms with Crippen LogP contribution in [0.15, 0.2) is 24.3 Å². The maximum absolute atomic E-state index is 11.6. The summed E-state index contributed by atoms with van der Waals surface area (Å²) in [7, 11) is 1.71. The third-order valence-corrected chi connectivity index (χ3v) is 3.87. The Morgan fingerprint density at radius 2 is 2.19 bits per heavy atom. The first-order chi connectivity index (χ1) is 10.2. The number of carbonyl (C=O) groups excluding carboxylic acids is 1. The van der Waals surface area contributed by atoms with Gasteiger partial charge in [-0.2, -0.15) is 0 Å². The number of benzene rings is 1.